The maximum absolute atomic E-state index is 5.99. The van der Waals surface area contributed by atoms with Crippen LogP contribution in [0.3, 0.4) is 0 Å². The molecule has 2 rings (SSSR count). The Kier molecular flexibility index (Phi) is 4.84. The molecule has 0 unspecified atom stereocenters. The molecule has 0 aliphatic rings. The van der Waals surface area contributed by atoms with Crippen LogP contribution in [0.1, 0.15) is 27.2 Å². The minimum absolute atomic E-state index is 0.181. The summed E-state index contributed by atoms with van der Waals surface area (Å²) >= 11 is 5.99. The first kappa shape index (κ1) is 15.1. The topological polar surface area (TPSA) is 37.0 Å². The Bertz CT molecular complexity index is 575. The van der Waals surface area contributed by atoms with Gasteiger partial charge in [0, 0.05) is 34.4 Å². The fourth-order valence-corrected chi connectivity index (χ4v) is 2.22. The van der Waals surface area contributed by atoms with E-state index in [-0.39, 0.29) is 5.54 Å². The van der Waals surface area contributed by atoms with Gasteiger partial charge in [-0.15, -0.1) is 0 Å². The van der Waals surface area contributed by atoms with E-state index >= 15 is 0 Å². The van der Waals surface area contributed by atoms with Crippen molar-refractivity contribution in [3.8, 4) is 0 Å². The van der Waals surface area contributed by atoms with Crippen LogP contribution in [0.25, 0.3) is 10.9 Å². The molecule has 0 saturated heterocycles. The minimum Gasteiger partial charge on any atom is -0.384 e. The number of pyridine rings is 1. The highest BCUT2D eigenvalue weighted by molar-refractivity contribution is 6.31. The molecule has 0 radical (unpaired) electrons. The van der Waals surface area contributed by atoms with Crippen molar-refractivity contribution in [3.63, 3.8) is 0 Å². The van der Waals surface area contributed by atoms with Crippen LogP contribution in [0.15, 0.2) is 30.5 Å². The van der Waals surface area contributed by atoms with E-state index in [1.54, 1.807) is 0 Å². The molecule has 0 amide bonds. The summed E-state index contributed by atoms with van der Waals surface area (Å²) in [7, 11) is 0. The Morgan fingerprint density at radius 2 is 1.95 bits per heavy atom. The zero-order valence-electron chi connectivity index (χ0n) is 12.3. The molecule has 2 N–H and O–H groups in total. The average Bonchev–Trinajstić information content (AvgIpc) is 2.36. The average molecular weight is 292 g/mol. The summed E-state index contributed by atoms with van der Waals surface area (Å²) < 4.78 is 0. The first-order valence-corrected chi connectivity index (χ1v) is 7.37. The van der Waals surface area contributed by atoms with E-state index < -0.39 is 0 Å². The van der Waals surface area contributed by atoms with Gasteiger partial charge in [0.1, 0.15) is 0 Å². The van der Waals surface area contributed by atoms with E-state index in [0.29, 0.717) is 0 Å². The van der Waals surface area contributed by atoms with E-state index in [1.807, 2.05) is 30.5 Å². The molecule has 3 nitrogen and oxygen atoms in total. The van der Waals surface area contributed by atoms with Gasteiger partial charge in [-0.2, -0.15) is 0 Å². The maximum atomic E-state index is 5.99. The van der Waals surface area contributed by atoms with Crippen LogP contribution >= 0.6 is 11.6 Å². The third kappa shape index (κ3) is 4.36. The van der Waals surface area contributed by atoms with Crippen molar-refractivity contribution in [2.75, 3.05) is 18.4 Å². The van der Waals surface area contributed by atoms with Crippen molar-refractivity contribution in [1.82, 2.24) is 10.3 Å². The van der Waals surface area contributed by atoms with E-state index in [9.17, 15) is 0 Å². The lowest BCUT2D eigenvalue weighted by Crippen LogP contribution is -2.36. The molecule has 20 heavy (non-hydrogen) atoms. The normalized spacial score (nSPS) is 11.8. The fraction of sp³-hybridized carbons (Fsp3) is 0.438. The highest BCUT2D eigenvalue weighted by Crippen LogP contribution is 2.24. The van der Waals surface area contributed by atoms with Crippen LogP contribution in [-0.2, 0) is 0 Å². The van der Waals surface area contributed by atoms with E-state index in [1.165, 1.54) is 0 Å². The highest BCUT2D eigenvalue weighted by Gasteiger charge is 2.07. The van der Waals surface area contributed by atoms with E-state index in [4.69, 9.17) is 11.6 Å². The van der Waals surface area contributed by atoms with Crippen molar-refractivity contribution < 1.29 is 0 Å². The Hall–Kier alpha value is -1.32. The fourth-order valence-electron chi connectivity index (χ4n) is 2.05. The number of nitrogens with one attached hydrogen (secondary N) is 2. The zero-order chi connectivity index (χ0) is 14.6. The second kappa shape index (κ2) is 6.42. The van der Waals surface area contributed by atoms with Gasteiger partial charge in [0.05, 0.1) is 5.52 Å². The predicted octanol–water partition coefficient (Wildman–Crippen LogP) is 4.08. The summed E-state index contributed by atoms with van der Waals surface area (Å²) in [6.07, 6.45) is 2.89. The van der Waals surface area contributed by atoms with Crippen molar-refractivity contribution in [1.29, 1.82) is 0 Å². The number of fused-ring (bicyclic) bond motifs is 1. The molecule has 0 spiro atoms. The van der Waals surface area contributed by atoms with Gasteiger partial charge in [-0.1, -0.05) is 11.6 Å². The van der Waals surface area contributed by atoms with Crippen molar-refractivity contribution >= 4 is 28.2 Å². The number of rotatable bonds is 5. The first-order valence-electron chi connectivity index (χ1n) is 6.99. The molecule has 1 aromatic heterocycles. The van der Waals surface area contributed by atoms with Crippen LogP contribution in [0.2, 0.25) is 5.02 Å². The molecule has 1 aromatic carbocycles. The van der Waals surface area contributed by atoms with Crippen LogP contribution < -0.4 is 10.6 Å². The first-order chi connectivity index (χ1) is 9.46. The maximum Gasteiger partial charge on any atom is 0.0737 e. The number of benzene rings is 1. The van der Waals surface area contributed by atoms with Crippen LogP contribution in [0, 0.1) is 0 Å². The highest BCUT2D eigenvalue weighted by atomic mass is 35.5. The monoisotopic (exact) mass is 291 g/mol. The Morgan fingerprint density at radius 3 is 2.70 bits per heavy atom. The van der Waals surface area contributed by atoms with Crippen LogP contribution in [0.5, 0.6) is 0 Å². The van der Waals surface area contributed by atoms with Crippen molar-refractivity contribution in [3.05, 3.63) is 35.5 Å². The smallest absolute Gasteiger partial charge is 0.0737 e. The predicted molar refractivity (Wildman–Crippen MR) is 87.6 cm³/mol. The van der Waals surface area contributed by atoms with Crippen molar-refractivity contribution in [2.45, 2.75) is 32.7 Å². The lowest BCUT2D eigenvalue weighted by molar-refractivity contribution is 0.425. The Morgan fingerprint density at radius 1 is 1.15 bits per heavy atom. The van der Waals surface area contributed by atoms with Gasteiger partial charge in [0.25, 0.3) is 0 Å². The van der Waals surface area contributed by atoms with Crippen LogP contribution in [0.4, 0.5) is 5.69 Å². The molecule has 0 atom stereocenters. The number of anilines is 1. The van der Waals surface area contributed by atoms with E-state index in [0.717, 1.165) is 41.1 Å². The molecule has 2 aromatic rings. The van der Waals surface area contributed by atoms with Gasteiger partial charge < -0.3 is 10.6 Å². The standard InChI is InChI=1S/C16H22ClN3/c1-16(2,3)20-9-4-8-18-14-7-10-19-15-11-12(17)5-6-13(14)15/h5-7,10-11,20H,4,8-9H2,1-3H3,(H,18,19). The molecular formula is C16H22ClN3. The molecule has 1 heterocycles. The largest absolute Gasteiger partial charge is 0.384 e. The molecule has 0 fully saturated rings. The third-order valence-electron chi connectivity index (χ3n) is 3.03. The zero-order valence-corrected chi connectivity index (χ0v) is 13.1. The lowest BCUT2D eigenvalue weighted by atomic mass is 10.1. The Labute approximate surface area is 125 Å². The molecule has 0 aliphatic heterocycles. The summed E-state index contributed by atoms with van der Waals surface area (Å²) in [6, 6.07) is 7.81. The van der Waals surface area contributed by atoms with Gasteiger partial charge in [-0.25, -0.2) is 0 Å². The van der Waals surface area contributed by atoms with Gasteiger partial charge in [-0.3, -0.25) is 4.98 Å². The number of halogens is 1. The summed E-state index contributed by atoms with van der Waals surface area (Å²) in [6.45, 7) is 8.48. The number of nitrogens with zero attached hydrogens (tertiary/aromatic N) is 1. The van der Waals surface area contributed by atoms with Gasteiger partial charge >= 0.3 is 0 Å². The van der Waals surface area contributed by atoms with Gasteiger partial charge in [0.15, 0.2) is 0 Å². The Balaban J connectivity index is 1.93. The molecule has 108 valence electrons. The second-order valence-corrected chi connectivity index (χ2v) is 6.41. The number of hydrogen-bond donors (Lipinski definition) is 2. The van der Waals surface area contributed by atoms with Gasteiger partial charge in [-0.05, 0) is 58.0 Å². The third-order valence-corrected chi connectivity index (χ3v) is 3.26. The summed E-state index contributed by atoms with van der Waals surface area (Å²) in [5.41, 5.74) is 2.22. The summed E-state index contributed by atoms with van der Waals surface area (Å²) in [4.78, 5) is 4.34. The summed E-state index contributed by atoms with van der Waals surface area (Å²) in [5.74, 6) is 0. The van der Waals surface area contributed by atoms with Gasteiger partial charge in [0.2, 0.25) is 0 Å². The SMILES string of the molecule is CC(C)(C)NCCCNc1ccnc2cc(Cl)ccc12. The lowest BCUT2D eigenvalue weighted by Gasteiger charge is -2.20. The number of hydrogen-bond acceptors (Lipinski definition) is 3. The van der Waals surface area contributed by atoms with Crippen LogP contribution in [-0.4, -0.2) is 23.6 Å². The van der Waals surface area contributed by atoms with Crippen molar-refractivity contribution in [2.24, 2.45) is 0 Å². The quantitative estimate of drug-likeness (QED) is 0.815. The summed E-state index contributed by atoms with van der Waals surface area (Å²) in [5, 5.41) is 8.78. The van der Waals surface area contributed by atoms with E-state index in [2.05, 4.69) is 36.4 Å². The second-order valence-electron chi connectivity index (χ2n) is 5.98. The minimum atomic E-state index is 0.181. The molecule has 0 aliphatic carbocycles. The molecular weight excluding hydrogens is 270 g/mol. The number of aromatic nitrogens is 1. The molecule has 0 saturated carbocycles. The molecule has 0 bridgehead atoms. The molecule has 4 heteroatoms.